The number of carbonyl (C=O) groups is 2. The fraction of sp³-hybridized carbons (Fsp3) is 0.450. The molecular formula is C20H23FN4O3. The zero-order valence-corrected chi connectivity index (χ0v) is 15.8. The minimum absolute atomic E-state index is 0.00689. The van der Waals surface area contributed by atoms with Crippen LogP contribution in [0.3, 0.4) is 0 Å². The van der Waals surface area contributed by atoms with Crippen molar-refractivity contribution in [1.82, 2.24) is 14.7 Å². The van der Waals surface area contributed by atoms with Gasteiger partial charge >= 0.3 is 0 Å². The molecule has 0 bridgehead atoms. The molecule has 148 valence electrons. The first-order chi connectivity index (χ1) is 13.5. The van der Waals surface area contributed by atoms with Crippen molar-refractivity contribution >= 4 is 17.5 Å². The minimum atomic E-state index is -0.496. The second-order valence-electron chi connectivity index (χ2n) is 7.41. The van der Waals surface area contributed by atoms with Gasteiger partial charge in [-0.25, -0.2) is 4.39 Å². The van der Waals surface area contributed by atoms with E-state index in [1.807, 2.05) is 4.90 Å². The topological polar surface area (TPSA) is 67.7 Å². The van der Waals surface area contributed by atoms with Gasteiger partial charge in [-0.15, -0.1) is 0 Å². The number of carbonyl (C=O) groups excluding carboxylic acids is 2. The van der Waals surface area contributed by atoms with E-state index in [1.54, 1.807) is 41.0 Å². The van der Waals surface area contributed by atoms with E-state index in [-0.39, 0.29) is 24.2 Å². The molecule has 1 atom stereocenters. The van der Waals surface area contributed by atoms with Crippen LogP contribution in [-0.4, -0.2) is 58.3 Å². The van der Waals surface area contributed by atoms with Crippen LogP contribution in [0.5, 0.6) is 0 Å². The summed E-state index contributed by atoms with van der Waals surface area (Å²) < 4.78 is 20.8. The summed E-state index contributed by atoms with van der Waals surface area (Å²) in [5, 5.41) is 4.07. The van der Waals surface area contributed by atoms with Crippen LogP contribution in [0.15, 0.2) is 36.5 Å². The van der Waals surface area contributed by atoms with Crippen molar-refractivity contribution in [3.8, 4) is 0 Å². The van der Waals surface area contributed by atoms with Crippen LogP contribution >= 0.6 is 0 Å². The van der Waals surface area contributed by atoms with Gasteiger partial charge in [0.25, 0.3) is 11.8 Å². The SMILES string of the molecule is Cn1nccc1C(=O)N1CCCC2(CC1)CN(c1ccc(F)cc1)C(=O)CO2. The molecule has 0 N–H and O–H groups in total. The zero-order valence-electron chi connectivity index (χ0n) is 15.8. The highest BCUT2D eigenvalue weighted by Gasteiger charge is 2.42. The average Bonchev–Trinajstić information content (AvgIpc) is 3.01. The molecule has 2 aromatic rings. The van der Waals surface area contributed by atoms with Crippen molar-refractivity contribution in [2.45, 2.75) is 24.9 Å². The number of likely N-dealkylation sites (tertiary alicyclic amines) is 1. The molecule has 8 heteroatoms. The van der Waals surface area contributed by atoms with Crippen LogP contribution < -0.4 is 4.90 Å². The summed E-state index contributed by atoms with van der Waals surface area (Å²) in [5.41, 5.74) is 0.730. The number of ether oxygens (including phenoxy) is 1. The van der Waals surface area contributed by atoms with Crippen molar-refractivity contribution in [3.63, 3.8) is 0 Å². The molecule has 1 aromatic carbocycles. The van der Waals surface area contributed by atoms with Crippen LogP contribution in [0.1, 0.15) is 29.8 Å². The second kappa shape index (κ2) is 7.35. The van der Waals surface area contributed by atoms with Crippen molar-refractivity contribution in [2.24, 2.45) is 7.05 Å². The number of amides is 2. The summed E-state index contributed by atoms with van der Waals surface area (Å²) in [5.74, 6) is -0.512. The lowest BCUT2D eigenvalue weighted by Crippen LogP contribution is -2.55. The van der Waals surface area contributed by atoms with Gasteiger partial charge in [-0.1, -0.05) is 0 Å². The maximum atomic E-state index is 13.2. The summed E-state index contributed by atoms with van der Waals surface area (Å²) in [6.07, 6.45) is 3.80. The molecular weight excluding hydrogens is 363 g/mol. The number of rotatable bonds is 2. The first-order valence-electron chi connectivity index (χ1n) is 9.45. The van der Waals surface area contributed by atoms with Crippen LogP contribution in [-0.2, 0) is 16.6 Å². The first kappa shape index (κ1) is 18.6. The summed E-state index contributed by atoms with van der Waals surface area (Å²) in [6, 6.07) is 7.65. The Bertz CT molecular complexity index is 882. The van der Waals surface area contributed by atoms with E-state index < -0.39 is 5.60 Å². The summed E-state index contributed by atoms with van der Waals surface area (Å²) in [7, 11) is 1.75. The van der Waals surface area contributed by atoms with E-state index in [0.29, 0.717) is 37.4 Å². The quantitative estimate of drug-likeness (QED) is 0.792. The number of anilines is 1. The molecule has 0 saturated carbocycles. The third kappa shape index (κ3) is 3.52. The molecule has 2 saturated heterocycles. The van der Waals surface area contributed by atoms with Crippen molar-refractivity contribution < 1.29 is 18.7 Å². The molecule has 4 rings (SSSR count). The highest BCUT2D eigenvalue weighted by atomic mass is 19.1. The molecule has 2 aliphatic heterocycles. The van der Waals surface area contributed by atoms with Crippen LogP contribution in [0, 0.1) is 5.82 Å². The average molecular weight is 386 g/mol. The third-order valence-electron chi connectivity index (χ3n) is 5.61. The molecule has 3 heterocycles. The number of hydrogen-bond donors (Lipinski definition) is 0. The fourth-order valence-corrected chi connectivity index (χ4v) is 3.99. The van der Waals surface area contributed by atoms with Gasteiger partial charge in [-0.05, 0) is 49.6 Å². The lowest BCUT2D eigenvalue weighted by Gasteiger charge is -2.42. The standard InChI is InChI=1S/C20H23FN4O3/c1-23-17(7-10-22-23)19(27)24-11-2-8-20(9-12-24)14-25(18(26)13-28-20)16-5-3-15(21)4-6-16/h3-7,10H,2,8-9,11-14H2,1H3. The number of nitrogens with zero attached hydrogens (tertiary/aromatic N) is 4. The second-order valence-corrected chi connectivity index (χ2v) is 7.41. The Balaban J connectivity index is 1.49. The number of halogens is 1. The van der Waals surface area contributed by atoms with E-state index >= 15 is 0 Å². The molecule has 2 amide bonds. The highest BCUT2D eigenvalue weighted by molar-refractivity contribution is 5.95. The minimum Gasteiger partial charge on any atom is -0.363 e. The Kier molecular flexibility index (Phi) is 4.89. The molecule has 1 spiro atoms. The van der Waals surface area contributed by atoms with E-state index in [0.717, 1.165) is 12.8 Å². The van der Waals surface area contributed by atoms with Crippen molar-refractivity contribution in [1.29, 1.82) is 0 Å². The number of aryl methyl sites for hydroxylation is 1. The maximum absolute atomic E-state index is 13.2. The Hall–Kier alpha value is -2.74. The monoisotopic (exact) mass is 386 g/mol. The van der Waals surface area contributed by atoms with E-state index in [1.165, 1.54) is 12.1 Å². The van der Waals surface area contributed by atoms with Crippen molar-refractivity contribution in [3.05, 3.63) is 48.0 Å². The van der Waals surface area contributed by atoms with Gasteiger partial charge in [0.15, 0.2) is 0 Å². The van der Waals surface area contributed by atoms with Gasteiger partial charge in [-0.2, -0.15) is 5.10 Å². The number of hydrogen-bond acceptors (Lipinski definition) is 4. The molecule has 7 nitrogen and oxygen atoms in total. The molecule has 0 radical (unpaired) electrons. The maximum Gasteiger partial charge on any atom is 0.272 e. The molecule has 0 aliphatic carbocycles. The van der Waals surface area contributed by atoms with Gasteiger partial charge in [0.1, 0.15) is 18.1 Å². The Labute approximate surface area is 162 Å². The van der Waals surface area contributed by atoms with Crippen LogP contribution in [0.25, 0.3) is 0 Å². The first-order valence-corrected chi connectivity index (χ1v) is 9.45. The molecule has 2 aliphatic rings. The fourth-order valence-electron chi connectivity index (χ4n) is 3.99. The van der Waals surface area contributed by atoms with E-state index in [2.05, 4.69) is 5.10 Å². The van der Waals surface area contributed by atoms with Crippen molar-refractivity contribution in [2.75, 3.05) is 31.1 Å². The smallest absolute Gasteiger partial charge is 0.272 e. The van der Waals surface area contributed by atoms with E-state index in [4.69, 9.17) is 4.74 Å². The molecule has 1 aromatic heterocycles. The van der Waals surface area contributed by atoms with Gasteiger partial charge in [-0.3, -0.25) is 14.3 Å². The van der Waals surface area contributed by atoms with Gasteiger partial charge in [0.05, 0.1) is 12.1 Å². The lowest BCUT2D eigenvalue weighted by atomic mass is 9.92. The van der Waals surface area contributed by atoms with Gasteiger partial charge < -0.3 is 14.5 Å². The molecule has 1 unspecified atom stereocenters. The Morgan fingerprint density at radius 3 is 2.68 bits per heavy atom. The zero-order chi connectivity index (χ0) is 19.7. The summed E-state index contributed by atoms with van der Waals surface area (Å²) >= 11 is 0. The highest BCUT2D eigenvalue weighted by Crippen LogP contribution is 2.33. The number of aromatic nitrogens is 2. The number of morpholine rings is 1. The van der Waals surface area contributed by atoms with Crippen LogP contribution in [0.4, 0.5) is 10.1 Å². The third-order valence-corrected chi connectivity index (χ3v) is 5.61. The van der Waals surface area contributed by atoms with E-state index in [9.17, 15) is 14.0 Å². The predicted octanol–water partition coefficient (Wildman–Crippen LogP) is 1.99. The Morgan fingerprint density at radius 2 is 1.96 bits per heavy atom. The summed E-state index contributed by atoms with van der Waals surface area (Å²) in [6.45, 7) is 1.59. The Morgan fingerprint density at radius 1 is 1.18 bits per heavy atom. The largest absolute Gasteiger partial charge is 0.363 e. The van der Waals surface area contributed by atoms with Gasteiger partial charge in [0, 0.05) is 32.0 Å². The lowest BCUT2D eigenvalue weighted by molar-refractivity contribution is -0.140. The molecule has 2 fully saturated rings. The normalized spacial score (nSPS) is 23.1. The summed E-state index contributed by atoms with van der Waals surface area (Å²) in [4.78, 5) is 28.7. The number of benzene rings is 1. The predicted molar refractivity (Wildman–Crippen MR) is 100 cm³/mol. The van der Waals surface area contributed by atoms with Crippen LogP contribution in [0.2, 0.25) is 0 Å². The van der Waals surface area contributed by atoms with Gasteiger partial charge in [0.2, 0.25) is 0 Å². The molecule has 28 heavy (non-hydrogen) atoms.